The Hall–Kier alpha value is -2.73. The van der Waals surface area contributed by atoms with E-state index in [1.54, 1.807) is 20.8 Å². The molecule has 1 N–H and O–H groups in total. The summed E-state index contributed by atoms with van der Waals surface area (Å²) >= 11 is 0. The molecule has 0 aliphatic carbocycles. The fourth-order valence-electron chi connectivity index (χ4n) is 2.44. The van der Waals surface area contributed by atoms with Crippen LogP contribution in [-0.4, -0.2) is 24.1 Å². The van der Waals surface area contributed by atoms with Crippen molar-refractivity contribution in [3.63, 3.8) is 0 Å². The number of rotatable bonds is 7. The monoisotopic (exact) mass is 373 g/mol. The Morgan fingerprint density at radius 2 is 1.74 bits per heavy atom. The smallest absolute Gasteiger partial charge is 0.408 e. The summed E-state index contributed by atoms with van der Waals surface area (Å²) in [6, 6.07) is 14.1. The van der Waals surface area contributed by atoms with Crippen molar-refractivity contribution in [2.75, 3.05) is 0 Å². The van der Waals surface area contributed by atoms with E-state index in [4.69, 9.17) is 9.47 Å². The van der Waals surface area contributed by atoms with Crippen LogP contribution in [0.15, 0.2) is 54.6 Å². The Morgan fingerprint density at radius 1 is 1.11 bits per heavy atom. The Labute approximate surface area is 158 Å². The van der Waals surface area contributed by atoms with Crippen molar-refractivity contribution < 1.29 is 23.5 Å². The maximum absolute atomic E-state index is 13.3. The first-order chi connectivity index (χ1) is 12.8. The number of alkyl carbamates (subject to hydrolysis) is 1. The number of carbonyl (C=O) groups excluding carboxylic acids is 2. The first kappa shape index (κ1) is 20.6. The Morgan fingerprint density at radius 3 is 2.30 bits per heavy atom. The van der Waals surface area contributed by atoms with Crippen molar-refractivity contribution >= 4 is 12.4 Å². The van der Waals surface area contributed by atoms with Gasteiger partial charge in [-0.05, 0) is 44.0 Å². The third-order valence-electron chi connectivity index (χ3n) is 3.65. The van der Waals surface area contributed by atoms with Gasteiger partial charge >= 0.3 is 6.09 Å². The molecule has 0 unspecified atom stereocenters. The lowest BCUT2D eigenvalue weighted by Crippen LogP contribution is -2.41. The summed E-state index contributed by atoms with van der Waals surface area (Å²) in [5.74, 6) is -0.414. The third kappa shape index (κ3) is 6.83. The van der Waals surface area contributed by atoms with Crippen LogP contribution in [0.25, 0.3) is 0 Å². The largest absolute Gasteiger partial charge is 0.444 e. The molecule has 0 bridgehead atoms. The van der Waals surface area contributed by atoms with Crippen LogP contribution < -0.4 is 5.32 Å². The fraction of sp³-hybridized carbons (Fsp3) is 0.333. The van der Waals surface area contributed by atoms with Crippen LogP contribution in [0.5, 0.6) is 0 Å². The Balaban J connectivity index is 2.19. The average molecular weight is 373 g/mol. The van der Waals surface area contributed by atoms with Crippen LogP contribution >= 0.6 is 0 Å². The predicted molar refractivity (Wildman–Crippen MR) is 99.6 cm³/mol. The molecule has 2 aromatic carbocycles. The minimum absolute atomic E-state index is 0.192. The number of halogens is 1. The van der Waals surface area contributed by atoms with Gasteiger partial charge in [0.05, 0.1) is 12.6 Å². The molecule has 2 rings (SSSR count). The number of hydrogen-bond acceptors (Lipinski definition) is 4. The molecule has 27 heavy (non-hydrogen) atoms. The van der Waals surface area contributed by atoms with E-state index in [9.17, 15) is 14.0 Å². The van der Waals surface area contributed by atoms with Gasteiger partial charge in [-0.2, -0.15) is 0 Å². The maximum atomic E-state index is 13.3. The van der Waals surface area contributed by atoms with Gasteiger partial charge in [-0.3, -0.25) is 0 Å². The SMILES string of the molecule is CC(C)(C)OC(=O)N[C@@H](c1ccc(F)cc1)[C@H](C=O)OCc1ccccc1. The quantitative estimate of drug-likeness (QED) is 0.740. The van der Waals surface area contributed by atoms with Gasteiger partial charge in [0.1, 0.15) is 17.5 Å². The van der Waals surface area contributed by atoms with E-state index in [0.717, 1.165) is 5.56 Å². The van der Waals surface area contributed by atoms with Crippen LogP contribution in [0.2, 0.25) is 0 Å². The second-order valence-corrected chi connectivity index (χ2v) is 7.07. The highest BCUT2D eigenvalue weighted by atomic mass is 19.1. The van der Waals surface area contributed by atoms with Gasteiger partial charge in [-0.15, -0.1) is 0 Å². The highest BCUT2D eigenvalue weighted by molar-refractivity contribution is 5.70. The predicted octanol–water partition coefficient (Wildman–Crippen LogP) is 4.18. The maximum Gasteiger partial charge on any atom is 0.408 e. The summed E-state index contributed by atoms with van der Waals surface area (Å²) in [5.41, 5.74) is 0.728. The summed E-state index contributed by atoms with van der Waals surface area (Å²) in [6.07, 6.45) is -1.04. The summed E-state index contributed by atoms with van der Waals surface area (Å²) in [4.78, 5) is 23.9. The van der Waals surface area contributed by atoms with E-state index in [2.05, 4.69) is 5.32 Å². The molecular weight excluding hydrogens is 349 g/mol. The molecule has 0 heterocycles. The van der Waals surface area contributed by atoms with Crippen molar-refractivity contribution in [1.82, 2.24) is 5.32 Å². The second-order valence-electron chi connectivity index (χ2n) is 7.07. The molecule has 2 aromatic rings. The zero-order chi connectivity index (χ0) is 19.9. The molecule has 6 heteroatoms. The molecule has 0 aromatic heterocycles. The van der Waals surface area contributed by atoms with Crippen LogP contribution in [-0.2, 0) is 20.9 Å². The number of hydrogen-bond donors (Lipinski definition) is 1. The lowest BCUT2D eigenvalue weighted by Gasteiger charge is -2.27. The summed E-state index contributed by atoms with van der Waals surface area (Å²) in [6.45, 7) is 5.41. The minimum atomic E-state index is -0.969. The van der Waals surface area contributed by atoms with Gasteiger partial charge in [0.15, 0.2) is 6.29 Å². The lowest BCUT2D eigenvalue weighted by molar-refractivity contribution is -0.120. The number of amides is 1. The molecule has 0 fully saturated rings. The van der Waals surface area contributed by atoms with Gasteiger partial charge in [0.2, 0.25) is 0 Å². The van der Waals surface area contributed by atoms with E-state index in [-0.39, 0.29) is 6.61 Å². The Kier molecular flexibility index (Phi) is 7.07. The van der Waals surface area contributed by atoms with Gasteiger partial charge in [-0.25, -0.2) is 9.18 Å². The van der Waals surface area contributed by atoms with E-state index < -0.39 is 29.7 Å². The van der Waals surface area contributed by atoms with Crippen LogP contribution in [0.3, 0.4) is 0 Å². The molecular formula is C21H24FNO4. The normalized spacial score (nSPS) is 13.5. The van der Waals surface area contributed by atoms with E-state index in [1.165, 1.54) is 24.3 Å². The highest BCUT2D eigenvalue weighted by Gasteiger charge is 2.28. The van der Waals surface area contributed by atoms with Gasteiger partial charge < -0.3 is 19.6 Å². The molecule has 0 saturated heterocycles. The van der Waals surface area contributed by atoms with E-state index >= 15 is 0 Å². The molecule has 1 amide bonds. The second kappa shape index (κ2) is 9.28. The first-order valence-corrected chi connectivity index (χ1v) is 8.64. The first-order valence-electron chi connectivity index (χ1n) is 8.64. The summed E-state index contributed by atoms with van der Waals surface area (Å²) in [7, 11) is 0. The molecule has 144 valence electrons. The van der Waals surface area contributed by atoms with Crippen molar-refractivity contribution in [2.45, 2.75) is 45.1 Å². The van der Waals surface area contributed by atoms with Crippen LogP contribution in [0.4, 0.5) is 9.18 Å². The minimum Gasteiger partial charge on any atom is -0.444 e. The van der Waals surface area contributed by atoms with Crippen molar-refractivity contribution in [3.05, 3.63) is 71.5 Å². The standard InChI is InChI=1S/C21H24FNO4/c1-21(2,3)27-20(25)23-19(16-9-11-17(22)12-10-16)18(13-24)26-14-15-7-5-4-6-8-15/h4-13,18-19H,14H2,1-3H3,(H,23,25)/t18-,19-/m0/s1. The molecule has 2 atom stereocenters. The molecule has 0 aliphatic heterocycles. The van der Waals surface area contributed by atoms with Gasteiger partial charge in [0.25, 0.3) is 0 Å². The van der Waals surface area contributed by atoms with Crippen molar-refractivity contribution in [2.24, 2.45) is 0 Å². The third-order valence-corrected chi connectivity index (χ3v) is 3.65. The number of nitrogens with one attached hydrogen (secondary N) is 1. The van der Waals surface area contributed by atoms with Crippen molar-refractivity contribution in [3.8, 4) is 0 Å². The summed E-state index contributed by atoms with van der Waals surface area (Å²) in [5, 5.41) is 2.66. The van der Waals surface area contributed by atoms with Gasteiger partial charge in [0, 0.05) is 0 Å². The van der Waals surface area contributed by atoms with Crippen LogP contribution in [0.1, 0.15) is 37.9 Å². The molecule has 5 nitrogen and oxygen atoms in total. The average Bonchev–Trinajstić information content (AvgIpc) is 2.61. The zero-order valence-electron chi connectivity index (χ0n) is 15.6. The highest BCUT2D eigenvalue weighted by Crippen LogP contribution is 2.21. The molecule has 0 saturated carbocycles. The van der Waals surface area contributed by atoms with Gasteiger partial charge in [-0.1, -0.05) is 42.5 Å². The Bertz CT molecular complexity index is 741. The lowest BCUT2D eigenvalue weighted by atomic mass is 10.0. The number of ether oxygens (including phenoxy) is 2. The molecule has 0 aliphatic rings. The molecule has 0 radical (unpaired) electrons. The summed E-state index contributed by atoms with van der Waals surface area (Å²) < 4.78 is 24.3. The van der Waals surface area contributed by atoms with Crippen molar-refractivity contribution in [1.29, 1.82) is 0 Å². The number of aldehydes is 1. The fourth-order valence-corrected chi connectivity index (χ4v) is 2.44. The zero-order valence-corrected chi connectivity index (χ0v) is 15.6. The van der Waals surface area contributed by atoms with E-state index in [0.29, 0.717) is 11.8 Å². The van der Waals surface area contributed by atoms with E-state index in [1.807, 2.05) is 30.3 Å². The topological polar surface area (TPSA) is 64.6 Å². The van der Waals surface area contributed by atoms with Crippen LogP contribution in [0, 0.1) is 5.82 Å². The number of carbonyl (C=O) groups is 2. The molecule has 0 spiro atoms. The number of benzene rings is 2.